The number of amides is 2. The lowest BCUT2D eigenvalue weighted by Gasteiger charge is -2.15. The number of benzene rings is 1. The molecule has 0 spiro atoms. The number of carbonyl (C=O) groups excluding carboxylic acids is 1. The lowest BCUT2D eigenvalue weighted by Crippen LogP contribution is -2.33. The van der Waals surface area contributed by atoms with Crippen molar-refractivity contribution in [1.82, 2.24) is 30.0 Å². The molecule has 0 saturated heterocycles. The van der Waals surface area contributed by atoms with E-state index in [1.807, 2.05) is 0 Å². The van der Waals surface area contributed by atoms with Crippen LogP contribution < -0.4 is 10.6 Å². The minimum atomic E-state index is -0.525. The number of nitrogens with one attached hydrogen (secondary N) is 2. The van der Waals surface area contributed by atoms with Crippen LogP contribution in [-0.4, -0.2) is 30.8 Å². The lowest BCUT2D eigenvalue weighted by atomic mass is 10.1. The van der Waals surface area contributed by atoms with Gasteiger partial charge in [-0.3, -0.25) is 0 Å². The van der Waals surface area contributed by atoms with Gasteiger partial charge in [-0.1, -0.05) is 0 Å². The minimum Gasteiger partial charge on any atom is -0.328 e. The van der Waals surface area contributed by atoms with E-state index in [0.717, 1.165) is 30.4 Å². The maximum Gasteiger partial charge on any atom is 0.319 e. The van der Waals surface area contributed by atoms with E-state index in [2.05, 4.69) is 30.7 Å². The fraction of sp³-hybridized carbons (Fsp3) is 0.278. The Morgan fingerprint density at radius 2 is 1.93 bits per heavy atom. The van der Waals surface area contributed by atoms with Crippen molar-refractivity contribution < 1.29 is 9.18 Å². The molecule has 0 saturated carbocycles. The molecule has 1 aliphatic carbocycles. The van der Waals surface area contributed by atoms with Gasteiger partial charge in [0, 0.05) is 12.4 Å². The first-order valence-electron chi connectivity index (χ1n) is 8.68. The first-order chi connectivity index (χ1) is 13.1. The van der Waals surface area contributed by atoms with Crippen molar-refractivity contribution in [2.45, 2.75) is 32.2 Å². The van der Waals surface area contributed by atoms with E-state index in [4.69, 9.17) is 0 Å². The maximum atomic E-state index is 14.2. The average Bonchev–Trinajstić information content (AvgIpc) is 3.31. The molecular formula is C18H18FN7O. The van der Waals surface area contributed by atoms with E-state index in [1.165, 1.54) is 17.1 Å². The fourth-order valence-electron chi connectivity index (χ4n) is 3.21. The van der Waals surface area contributed by atoms with Crippen LogP contribution >= 0.6 is 0 Å². The summed E-state index contributed by atoms with van der Waals surface area (Å²) in [4.78, 5) is 24.8. The third-order valence-electron chi connectivity index (χ3n) is 4.48. The Hall–Kier alpha value is -3.36. The summed E-state index contributed by atoms with van der Waals surface area (Å²) in [6.07, 6.45) is 7.35. The van der Waals surface area contributed by atoms with Gasteiger partial charge in [0.15, 0.2) is 5.82 Å². The van der Waals surface area contributed by atoms with Crippen molar-refractivity contribution in [3.63, 3.8) is 0 Å². The van der Waals surface area contributed by atoms with Crippen molar-refractivity contribution in [3.8, 4) is 5.95 Å². The molecule has 3 aromatic rings. The summed E-state index contributed by atoms with van der Waals surface area (Å²) in [5.74, 6) is 0.383. The zero-order chi connectivity index (χ0) is 18.8. The molecule has 138 valence electrons. The molecule has 1 atom stereocenters. The van der Waals surface area contributed by atoms with Gasteiger partial charge in [-0.05, 0) is 55.5 Å². The van der Waals surface area contributed by atoms with Gasteiger partial charge in [0.25, 0.3) is 5.95 Å². The summed E-state index contributed by atoms with van der Waals surface area (Å²) in [5.41, 5.74) is 2.27. The fourth-order valence-corrected chi connectivity index (χ4v) is 3.21. The Labute approximate surface area is 154 Å². The van der Waals surface area contributed by atoms with E-state index >= 15 is 0 Å². The highest BCUT2D eigenvalue weighted by molar-refractivity contribution is 5.89. The van der Waals surface area contributed by atoms with Crippen molar-refractivity contribution in [2.75, 3.05) is 5.32 Å². The van der Waals surface area contributed by atoms with E-state index in [-0.39, 0.29) is 5.69 Å². The van der Waals surface area contributed by atoms with Gasteiger partial charge in [0.1, 0.15) is 12.1 Å². The van der Waals surface area contributed by atoms with Gasteiger partial charge in [-0.25, -0.2) is 24.1 Å². The van der Waals surface area contributed by atoms with Crippen LogP contribution in [0.1, 0.15) is 36.3 Å². The summed E-state index contributed by atoms with van der Waals surface area (Å²) in [5, 5.41) is 9.42. The summed E-state index contributed by atoms with van der Waals surface area (Å²) < 4.78 is 15.7. The third-order valence-corrected chi connectivity index (χ3v) is 4.48. The first kappa shape index (κ1) is 17.1. The van der Waals surface area contributed by atoms with E-state index in [9.17, 15) is 9.18 Å². The van der Waals surface area contributed by atoms with Crippen molar-refractivity contribution in [1.29, 1.82) is 0 Å². The molecular weight excluding hydrogens is 349 g/mol. The Balaban J connectivity index is 1.47. The van der Waals surface area contributed by atoms with Gasteiger partial charge < -0.3 is 10.6 Å². The van der Waals surface area contributed by atoms with E-state index in [0.29, 0.717) is 11.8 Å². The molecule has 4 rings (SSSR count). The third kappa shape index (κ3) is 3.48. The molecule has 0 aliphatic heterocycles. The molecule has 1 aliphatic rings. The number of anilines is 1. The smallest absolute Gasteiger partial charge is 0.319 e. The number of hydrogen-bond donors (Lipinski definition) is 2. The normalized spacial score (nSPS) is 13.9. The van der Waals surface area contributed by atoms with Crippen LogP contribution in [0.3, 0.4) is 0 Å². The van der Waals surface area contributed by atoms with Crippen molar-refractivity contribution in [2.24, 2.45) is 0 Å². The van der Waals surface area contributed by atoms with Gasteiger partial charge in [0.05, 0.1) is 11.7 Å². The molecule has 0 fully saturated rings. The average molecular weight is 367 g/mol. The Kier molecular flexibility index (Phi) is 4.49. The predicted molar refractivity (Wildman–Crippen MR) is 95.9 cm³/mol. The second-order valence-corrected chi connectivity index (χ2v) is 6.35. The van der Waals surface area contributed by atoms with Crippen molar-refractivity contribution >= 4 is 11.7 Å². The topological polar surface area (TPSA) is 97.6 Å². The number of fused-ring (bicyclic) bond motifs is 1. The second kappa shape index (κ2) is 7.10. The van der Waals surface area contributed by atoms with Crippen LogP contribution in [0.15, 0.2) is 36.9 Å². The van der Waals surface area contributed by atoms with E-state index < -0.39 is 17.9 Å². The van der Waals surface area contributed by atoms with Gasteiger partial charge >= 0.3 is 6.03 Å². The number of hydrogen-bond acceptors (Lipinski definition) is 5. The minimum absolute atomic E-state index is 0.174. The number of aromatic nitrogens is 5. The van der Waals surface area contributed by atoms with Crippen LogP contribution in [0.25, 0.3) is 5.95 Å². The van der Waals surface area contributed by atoms with Crippen LogP contribution in [-0.2, 0) is 12.8 Å². The number of rotatable bonds is 4. The molecule has 9 heteroatoms. The number of halogens is 1. The molecule has 2 amide bonds. The molecule has 2 heterocycles. The van der Waals surface area contributed by atoms with Gasteiger partial charge in [-0.15, -0.1) is 0 Å². The summed E-state index contributed by atoms with van der Waals surface area (Å²) in [7, 11) is 0. The highest BCUT2D eigenvalue weighted by Gasteiger charge is 2.20. The molecule has 0 radical (unpaired) electrons. The standard InChI is InChI=1S/C18H18FN7O/c1-11(16-22-10-23-26(16)17-20-6-3-7-21-17)24-18(27)25-15-9-13-5-2-4-12(13)8-14(15)19/h3,6-11H,2,4-5H2,1H3,(H2,24,25,27)/t11-/m0/s1. The number of aryl methyl sites for hydroxylation is 2. The highest BCUT2D eigenvalue weighted by atomic mass is 19.1. The van der Waals surface area contributed by atoms with Crippen LogP contribution in [0, 0.1) is 5.82 Å². The Morgan fingerprint density at radius 1 is 1.19 bits per heavy atom. The molecule has 0 bridgehead atoms. The van der Waals surface area contributed by atoms with Crippen molar-refractivity contribution in [3.05, 3.63) is 59.7 Å². The maximum absolute atomic E-state index is 14.2. The first-order valence-corrected chi connectivity index (χ1v) is 8.68. The quantitative estimate of drug-likeness (QED) is 0.739. The van der Waals surface area contributed by atoms with Crippen LogP contribution in [0.2, 0.25) is 0 Å². The summed E-state index contributed by atoms with van der Waals surface area (Å²) >= 11 is 0. The number of urea groups is 1. The second-order valence-electron chi connectivity index (χ2n) is 6.35. The summed E-state index contributed by atoms with van der Waals surface area (Å²) in [6, 6.07) is 3.89. The number of carbonyl (C=O) groups is 1. The van der Waals surface area contributed by atoms with Crippen LogP contribution in [0.4, 0.5) is 14.9 Å². The van der Waals surface area contributed by atoms with E-state index in [1.54, 1.807) is 31.5 Å². The SMILES string of the molecule is C[C@H](NC(=O)Nc1cc2c(cc1F)CCC2)c1ncnn1-c1ncccn1. The predicted octanol–water partition coefficient (Wildman–Crippen LogP) is 2.57. The molecule has 8 nitrogen and oxygen atoms in total. The Bertz CT molecular complexity index is 973. The van der Waals surface area contributed by atoms with Crippen LogP contribution in [0.5, 0.6) is 0 Å². The largest absolute Gasteiger partial charge is 0.328 e. The Morgan fingerprint density at radius 3 is 2.70 bits per heavy atom. The molecule has 2 aromatic heterocycles. The number of nitrogens with zero attached hydrogens (tertiary/aromatic N) is 5. The monoisotopic (exact) mass is 367 g/mol. The zero-order valence-corrected chi connectivity index (χ0v) is 14.7. The highest BCUT2D eigenvalue weighted by Crippen LogP contribution is 2.27. The summed E-state index contributed by atoms with van der Waals surface area (Å²) in [6.45, 7) is 1.75. The van der Waals surface area contributed by atoms with Gasteiger partial charge in [-0.2, -0.15) is 9.78 Å². The molecule has 0 unspecified atom stereocenters. The van der Waals surface area contributed by atoms with Gasteiger partial charge in [0.2, 0.25) is 0 Å². The zero-order valence-electron chi connectivity index (χ0n) is 14.7. The lowest BCUT2D eigenvalue weighted by molar-refractivity contribution is 0.248. The molecule has 1 aromatic carbocycles. The molecule has 27 heavy (non-hydrogen) atoms. The molecule has 2 N–H and O–H groups in total.